The molecule has 0 aromatic rings. The van der Waals surface area contributed by atoms with Crippen LogP contribution in [0.3, 0.4) is 0 Å². The van der Waals surface area contributed by atoms with Crippen LogP contribution in [0.4, 0.5) is 4.39 Å². The number of allylic oxidation sites excluding steroid dienone is 7. The molecule has 0 nitrogen and oxygen atoms in total. The van der Waals surface area contributed by atoms with Gasteiger partial charge in [-0.25, -0.2) is 4.39 Å². The van der Waals surface area contributed by atoms with Crippen molar-refractivity contribution >= 4 is 0 Å². The Morgan fingerprint density at radius 1 is 1.36 bits per heavy atom. The molecular weight excluding hydrogens is 139 g/mol. The molecule has 0 aromatic carbocycles. The Balaban J connectivity index is 2.49. The molecule has 0 saturated heterocycles. The third-order valence-electron chi connectivity index (χ3n) is 1.82. The van der Waals surface area contributed by atoms with E-state index in [0.29, 0.717) is 0 Å². The van der Waals surface area contributed by atoms with Gasteiger partial charge in [-0.2, -0.15) is 0 Å². The van der Waals surface area contributed by atoms with Crippen LogP contribution in [0.1, 0.15) is 0 Å². The van der Waals surface area contributed by atoms with Crippen molar-refractivity contribution in [3.63, 3.8) is 0 Å². The van der Waals surface area contributed by atoms with Crippen LogP contribution in [0.5, 0.6) is 0 Å². The van der Waals surface area contributed by atoms with Crippen molar-refractivity contribution in [2.75, 3.05) is 0 Å². The summed E-state index contributed by atoms with van der Waals surface area (Å²) in [5.41, 5.74) is 3.90. The first kappa shape index (κ1) is 6.38. The molecule has 1 heteroatoms. The van der Waals surface area contributed by atoms with Gasteiger partial charge < -0.3 is 0 Å². The van der Waals surface area contributed by atoms with Gasteiger partial charge in [0.25, 0.3) is 0 Å². The topological polar surface area (TPSA) is 0 Å². The van der Waals surface area contributed by atoms with Gasteiger partial charge in [-0.1, -0.05) is 24.3 Å². The Morgan fingerprint density at radius 2 is 2.27 bits per heavy atom. The average Bonchev–Trinajstić information content (AvgIpc) is 2.06. The normalized spacial score (nSPS) is 26.1. The van der Waals surface area contributed by atoms with Crippen LogP contribution in [-0.4, -0.2) is 0 Å². The van der Waals surface area contributed by atoms with Crippen molar-refractivity contribution in [3.8, 4) is 0 Å². The Morgan fingerprint density at radius 3 is 3.09 bits per heavy atom. The summed E-state index contributed by atoms with van der Waals surface area (Å²) in [6.07, 6.45) is 10.5. The highest BCUT2D eigenvalue weighted by molar-refractivity contribution is 5.41. The maximum Gasteiger partial charge on any atom is 0.112 e. The van der Waals surface area contributed by atoms with Crippen LogP contribution >= 0.6 is 0 Å². The molecule has 1 atom stereocenters. The molecule has 0 bridgehead atoms. The highest BCUT2D eigenvalue weighted by Crippen LogP contribution is 2.28. The Labute approximate surface area is 64.7 Å². The van der Waals surface area contributed by atoms with Crippen LogP contribution in [0.2, 0.25) is 0 Å². The lowest BCUT2D eigenvalue weighted by atomic mass is 9.92. The molecule has 2 aliphatic rings. The van der Waals surface area contributed by atoms with Crippen molar-refractivity contribution in [1.29, 1.82) is 0 Å². The molecule has 2 aliphatic carbocycles. The molecule has 0 fully saturated rings. The number of hydrogen-bond donors (Lipinski definition) is 0. The lowest BCUT2D eigenvalue weighted by Gasteiger charge is -2.14. The quantitative estimate of drug-likeness (QED) is 0.461. The number of fused-ring (bicyclic) bond motifs is 1. The largest absolute Gasteiger partial charge is 0.211 e. The van der Waals surface area contributed by atoms with E-state index in [-0.39, 0.29) is 11.7 Å². The van der Waals surface area contributed by atoms with Gasteiger partial charge in [-0.15, -0.1) is 5.73 Å². The highest BCUT2D eigenvalue weighted by Gasteiger charge is 2.17. The van der Waals surface area contributed by atoms with Crippen molar-refractivity contribution in [3.05, 3.63) is 53.6 Å². The van der Waals surface area contributed by atoms with E-state index in [1.165, 1.54) is 6.08 Å². The van der Waals surface area contributed by atoms with Crippen molar-refractivity contribution in [1.82, 2.24) is 0 Å². The average molecular weight is 146 g/mol. The first-order chi connectivity index (χ1) is 5.38. The van der Waals surface area contributed by atoms with E-state index in [4.69, 9.17) is 0 Å². The van der Waals surface area contributed by atoms with Crippen LogP contribution in [-0.2, 0) is 0 Å². The zero-order valence-corrected chi connectivity index (χ0v) is 5.92. The van der Waals surface area contributed by atoms with E-state index in [2.05, 4.69) is 5.73 Å². The molecule has 0 spiro atoms. The van der Waals surface area contributed by atoms with E-state index in [1.54, 1.807) is 6.08 Å². The molecule has 0 heterocycles. The summed E-state index contributed by atoms with van der Waals surface area (Å²) in [6, 6.07) is 0. The van der Waals surface area contributed by atoms with Gasteiger partial charge in [-0.3, -0.25) is 0 Å². The predicted molar refractivity (Wildman–Crippen MR) is 42.6 cm³/mol. The molecule has 0 amide bonds. The summed E-state index contributed by atoms with van der Waals surface area (Å²) >= 11 is 0. The Bertz CT molecular complexity index is 323. The van der Waals surface area contributed by atoms with Crippen LogP contribution in [0.15, 0.2) is 53.6 Å². The fraction of sp³-hybridized carbons (Fsp3) is 0.100. The summed E-state index contributed by atoms with van der Waals surface area (Å²) in [5.74, 6) is -0.274. The third kappa shape index (κ3) is 0.997. The van der Waals surface area contributed by atoms with Crippen LogP contribution in [0, 0.1) is 5.92 Å². The van der Waals surface area contributed by atoms with Crippen molar-refractivity contribution in [2.45, 2.75) is 0 Å². The maximum atomic E-state index is 13.0. The molecule has 0 radical (unpaired) electrons. The Hall–Kier alpha value is -1.33. The minimum Gasteiger partial charge on any atom is -0.211 e. The van der Waals surface area contributed by atoms with E-state index >= 15 is 0 Å². The molecule has 2 rings (SSSR count). The molecule has 0 aromatic heterocycles. The molecule has 0 N–H and O–H groups in total. The molecule has 11 heavy (non-hydrogen) atoms. The number of hydrogen-bond acceptors (Lipinski definition) is 0. The lowest BCUT2D eigenvalue weighted by Crippen LogP contribution is -2.03. The van der Waals surface area contributed by atoms with Crippen molar-refractivity contribution in [2.24, 2.45) is 5.92 Å². The van der Waals surface area contributed by atoms with Gasteiger partial charge in [0.1, 0.15) is 5.83 Å². The van der Waals surface area contributed by atoms with E-state index in [9.17, 15) is 4.39 Å². The second-order valence-corrected chi connectivity index (χ2v) is 2.54. The standard InChI is InChI=1S/C10H7F/c11-10-7-3-5-8-4-1-2-6-9(8)10/h1-4,6-7,9H. The van der Waals surface area contributed by atoms with Gasteiger partial charge in [0.2, 0.25) is 0 Å². The highest BCUT2D eigenvalue weighted by atomic mass is 19.1. The number of rotatable bonds is 0. The summed E-state index contributed by atoms with van der Waals surface area (Å²) in [4.78, 5) is 0. The monoisotopic (exact) mass is 146 g/mol. The fourth-order valence-electron chi connectivity index (χ4n) is 1.24. The van der Waals surface area contributed by atoms with Crippen molar-refractivity contribution < 1.29 is 4.39 Å². The second-order valence-electron chi connectivity index (χ2n) is 2.54. The Kier molecular flexibility index (Phi) is 1.38. The zero-order valence-electron chi connectivity index (χ0n) is 5.92. The van der Waals surface area contributed by atoms with Gasteiger partial charge in [0.05, 0.1) is 5.92 Å². The molecule has 0 aliphatic heterocycles. The summed E-state index contributed by atoms with van der Waals surface area (Å²) in [6.45, 7) is 0. The molecule has 54 valence electrons. The second kappa shape index (κ2) is 2.37. The van der Waals surface area contributed by atoms with E-state index in [0.717, 1.165) is 5.57 Å². The van der Waals surface area contributed by atoms with E-state index in [1.807, 2.05) is 24.3 Å². The molecule has 1 unspecified atom stereocenters. The molecular formula is C10H7F. The lowest BCUT2D eigenvalue weighted by molar-refractivity contribution is 0.561. The van der Waals surface area contributed by atoms with Gasteiger partial charge in [0, 0.05) is 5.57 Å². The van der Waals surface area contributed by atoms with Crippen LogP contribution < -0.4 is 0 Å². The summed E-state index contributed by atoms with van der Waals surface area (Å²) < 4.78 is 13.0. The maximum absolute atomic E-state index is 13.0. The summed E-state index contributed by atoms with van der Waals surface area (Å²) in [7, 11) is 0. The molecule has 0 saturated carbocycles. The van der Waals surface area contributed by atoms with Crippen LogP contribution in [0.25, 0.3) is 0 Å². The van der Waals surface area contributed by atoms with E-state index < -0.39 is 0 Å². The fourth-order valence-corrected chi connectivity index (χ4v) is 1.24. The SMILES string of the molecule is FC1=CC=C=C2C=CC=CC21. The van der Waals surface area contributed by atoms with Gasteiger partial charge in [-0.05, 0) is 12.2 Å². The number of halogens is 1. The smallest absolute Gasteiger partial charge is 0.112 e. The third-order valence-corrected chi connectivity index (χ3v) is 1.82. The van der Waals surface area contributed by atoms with Gasteiger partial charge >= 0.3 is 0 Å². The first-order valence-electron chi connectivity index (χ1n) is 3.55. The first-order valence-corrected chi connectivity index (χ1v) is 3.55. The minimum atomic E-state index is -0.176. The van der Waals surface area contributed by atoms with Gasteiger partial charge in [0.15, 0.2) is 0 Å². The zero-order chi connectivity index (χ0) is 7.68. The summed E-state index contributed by atoms with van der Waals surface area (Å²) in [5, 5.41) is 0. The minimum absolute atomic E-state index is 0.0978. The predicted octanol–water partition coefficient (Wildman–Crippen LogP) is 2.68.